The summed E-state index contributed by atoms with van der Waals surface area (Å²) >= 11 is 0. The highest BCUT2D eigenvalue weighted by Crippen LogP contribution is 2.23. The maximum atomic E-state index is 11.1. The van der Waals surface area contributed by atoms with Gasteiger partial charge in [0, 0.05) is 11.8 Å². The topological polar surface area (TPSA) is 46.2 Å². The zero-order chi connectivity index (χ0) is 11.4. The molecule has 0 saturated carbocycles. The molecule has 0 fully saturated rings. The van der Waals surface area contributed by atoms with Crippen molar-refractivity contribution in [3.8, 4) is 0 Å². The monoisotopic (exact) mass is 221 g/mol. The van der Waals surface area contributed by atoms with Crippen molar-refractivity contribution in [2.75, 3.05) is 19.1 Å². The molecule has 0 aliphatic rings. The van der Waals surface area contributed by atoms with Crippen molar-refractivity contribution in [3.05, 3.63) is 0 Å². The summed E-state index contributed by atoms with van der Waals surface area (Å²) in [6.07, 6.45) is 3.03. The molecule has 0 aliphatic carbocycles. The molecule has 2 atom stereocenters. The van der Waals surface area contributed by atoms with E-state index in [1.807, 2.05) is 7.05 Å². The number of hydrogen-bond donors (Lipinski definition) is 1. The maximum absolute atomic E-state index is 11.1. The van der Waals surface area contributed by atoms with Crippen LogP contribution >= 0.6 is 0 Å². The molecule has 4 heteroatoms. The minimum Gasteiger partial charge on any atom is -0.314 e. The second-order valence-electron chi connectivity index (χ2n) is 4.36. The summed E-state index contributed by atoms with van der Waals surface area (Å²) in [7, 11) is -0.952. The molecule has 0 bridgehead atoms. The van der Waals surface area contributed by atoms with E-state index in [9.17, 15) is 8.42 Å². The quantitative estimate of drug-likeness (QED) is 0.738. The first kappa shape index (κ1) is 13.9. The van der Waals surface area contributed by atoms with Crippen LogP contribution in [-0.2, 0) is 9.84 Å². The van der Waals surface area contributed by atoms with Crippen LogP contribution in [0.2, 0.25) is 0 Å². The predicted molar refractivity (Wildman–Crippen MR) is 61.2 cm³/mol. The van der Waals surface area contributed by atoms with Crippen molar-refractivity contribution in [2.45, 2.75) is 39.2 Å². The Morgan fingerprint density at radius 3 is 2.21 bits per heavy atom. The summed E-state index contributed by atoms with van der Waals surface area (Å²) in [5.41, 5.74) is -0.0716. The zero-order valence-corrected chi connectivity index (χ0v) is 10.7. The van der Waals surface area contributed by atoms with Gasteiger partial charge in [-0.3, -0.25) is 0 Å². The zero-order valence-electron chi connectivity index (χ0n) is 9.92. The molecular weight excluding hydrogens is 198 g/mol. The first-order valence-corrected chi connectivity index (χ1v) is 7.18. The van der Waals surface area contributed by atoms with Gasteiger partial charge in [0.2, 0.25) is 0 Å². The van der Waals surface area contributed by atoms with E-state index in [1.165, 1.54) is 6.26 Å². The molecule has 0 spiro atoms. The van der Waals surface area contributed by atoms with Gasteiger partial charge in [0.15, 0.2) is 0 Å². The predicted octanol–water partition coefficient (Wildman–Crippen LogP) is 1.45. The standard InChI is InChI=1S/C10H23NO2S/c1-6-9(2)10(3,11-4)7-8-14(5,12)13/h9,11H,6-8H2,1-5H3. The summed E-state index contributed by atoms with van der Waals surface area (Å²) < 4.78 is 22.2. The third-order valence-electron chi connectivity index (χ3n) is 3.26. The molecule has 0 rings (SSSR count). The maximum Gasteiger partial charge on any atom is 0.147 e. The molecule has 0 radical (unpaired) electrons. The van der Waals surface area contributed by atoms with Crippen molar-refractivity contribution < 1.29 is 8.42 Å². The second kappa shape index (κ2) is 5.12. The van der Waals surface area contributed by atoms with Crippen LogP contribution in [0.5, 0.6) is 0 Å². The summed E-state index contributed by atoms with van der Waals surface area (Å²) in [6, 6.07) is 0. The lowest BCUT2D eigenvalue weighted by Crippen LogP contribution is -2.46. The van der Waals surface area contributed by atoms with Crippen LogP contribution < -0.4 is 5.32 Å². The van der Waals surface area contributed by atoms with Crippen LogP contribution in [0, 0.1) is 5.92 Å². The Bertz CT molecular complexity index is 261. The van der Waals surface area contributed by atoms with E-state index in [-0.39, 0.29) is 11.3 Å². The van der Waals surface area contributed by atoms with Gasteiger partial charge >= 0.3 is 0 Å². The van der Waals surface area contributed by atoms with Gasteiger partial charge in [-0.05, 0) is 26.3 Å². The smallest absolute Gasteiger partial charge is 0.147 e. The van der Waals surface area contributed by atoms with Crippen LogP contribution in [0.3, 0.4) is 0 Å². The number of nitrogens with one attached hydrogen (secondary N) is 1. The van der Waals surface area contributed by atoms with Gasteiger partial charge in [0.05, 0.1) is 5.75 Å². The molecular formula is C10H23NO2S. The summed E-state index contributed by atoms with van der Waals surface area (Å²) in [4.78, 5) is 0. The molecule has 2 unspecified atom stereocenters. The van der Waals surface area contributed by atoms with Crippen molar-refractivity contribution in [1.29, 1.82) is 0 Å². The third kappa shape index (κ3) is 4.42. The first-order valence-electron chi connectivity index (χ1n) is 5.12. The fourth-order valence-corrected chi connectivity index (χ4v) is 2.26. The summed E-state index contributed by atoms with van der Waals surface area (Å²) in [5, 5.41) is 3.24. The van der Waals surface area contributed by atoms with Gasteiger partial charge in [-0.25, -0.2) is 8.42 Å². The lowest BCUT2D eigenvalue weighted by molar-refractivity contribution is 0.247. The Morgan fingerprint density at radius 2 is 1.93 bits per heavy atom. The van der Waals surface area contributed by atoms with Gasteiger partial charge in [-0.15, -0.1) is 0 Å². The molecule has 0 saturated heterocycles. The molecule has 3 nitrogen and oxygen atoms in total. The molecule has 0 heterocycles. The van der Waals surface area contributed by atoms with Gasteiger partial charge < -0.3 is 5.32 Å². The Labute approximate surface area is 88.2 Å². The van der Waals surface area contributed by atoms with E-state index in [2.05, 4.69) is 26.1 Å². The van der Waals surface area contributed by atoms with Gasteiger partial charge in [0.1, 0.15) is 9.84 Å². The summed E-state index contributed by atoms with van der Waals surface area (Å²) in [6.45, 7) is 6.37. The first-order chi connectivity index (χ1) is 6.25. The van der Waals surface area contributed by atoms with Crippen LogP contribution in [0.15, 0.2) is 0 Å². The van der Waals surface area contributed by atoms with E-state index < -0.39 is 9.84 Å². The fraction of sp³-hybridized carbons (Fsp3) is 1.00. The molecule has 0 aromatic carbocycles. The van der Waals surface area contributed by atoms with Crippen molar-refractivity contribution in [3.63, 3.8) is 0 Å². The Hall–Kier alpha value is -0.0900. The van der Waals surface area contributed by atoms with E-state index in [0.717, 1.165) is 6.42 Å². The van der Waals surface area contributed by atoms with Crippen molar-refractivity contribution in [2.24, 2.45) is 5.92 Å². The van der Waals surface area contributed by atoms with E-state index in [0.29, 0.717) is 12.3 Å². The molecule has 1 N–H and O–H groups in total. The van der Waals surface area contributed by atoms with Crippen LogP contribution in [0.25, 0.3) is 0 Å². The van der Waals surface area contributed by atoms with Gasteiger partial charge in [-0.1, -0.05) is 20.3 Å². The average Bonchev–Trinajstić information content (AvgIpc) is 2.11. The molecule has 0 aromatic heterocycles. The van der Waals surface area contributed by atoms with Gasteiger partial charge in [0.25, 0.3) is 0 Å². The third-order valence-corrected chi connectivity index (χ3v) is 4.21. The van der Waals surface area contributed by atoms with Crippen LogP contribution in [-0.4, -0.2) is 33.0 Å². The molecule has 0 aromatic rings. The minimum atomic E-state index is -2.85. The summed E-state index contributed by atoms with van der Waals surface area (Å²) in [5.74, 6) is 0.739. The average molecular weight is 221 g/mol. The van der Waals surface area contributed by atoms with E-state index in [4.69, 9.17) is 0 Å². The normalized spacial score (nSPS) is 18.9. The highest BCUT2D eigenvalue weighted by Gasteiger charge is 2.28. The molecule has 86 valence electrons. The lowest BCUT2D eigenvalue weighted by Gasteiger charge is -2.35. The second-order valence-corrected chi connectivity index (χ2v) is 6.62. The molecule has 14 heavy (non-hydrogen) atoms. The number of rotatable bonds is 6. The van der Waals surface area contributed by atoms with Crippen molar-refractivity contribution in [1.82, 2.24) is 5.32 Å². The van der Waals surface area contributed by atoms with Crippen LogP contribution in [0.4, 0.5) is 0 Å². The highest BCUT2D eigenvalue weighted by atomic mass is 32.2. The Kier molecular flexibility index (Phi) is 5.09. The SMILES string of the molecule is CCC(C)C(C)(CCS(C)(=O)=O)NC. The Morgan fingerprint density at radius 1 is 1.43 bits per heavy atom. The Balaban J connectivity index is 4.41. The highest BCUT2D eigenvalue weighted by molar-refractivity contribution is 7.90. The van der Waals surface area contributed by atoms with Crippen molar-refractivity contribution >= 4 is 9.84 Å². The molecule has 0 amide bonds. The fourth-order valence-electron chi connectivity index (χ4n) is 1.47. The molecule has 0 aliphatic heterocycles. The minimum absolute atomic E-state index is 0.0716. The van der Waals surface area contributed by atoms with Gasteiger partial charge in [-0.2, -0.15) is 0 Å². The van der Waals surface area contributed by atoms with E-state index in [1.54, 1.807) is 0 Å². The van der Waals surface area contributed by atoms with Crippen LogP contribution in [0.1, 0.15) is 33.6 Å². The van der Waals surface area contributed by atoms with E-state index >= 15 is 0 Å². The number of hydrogen-bond acceptors (Lipinski definition) is 3. The number of sulfone groups is 1. The lowest BCUT2D eigenvalue weighted by atomic mass is 9.83. The largest absolute Gasteiger partial charge is 0.314 e.